The van der Waals surface area contributed by atoms with Crippen molar-refractivity contribution in [1.82, 2.24) is 10.2 Å². The molecule has 2 rings (SSSR count). The lowest BCUT2D eigenvalue weighted by molar-refractivity contribution is 0.0939. The summed E-state index contributed by atoms with van der Waals surface area (Å²) < 4.78 is 0. The van der Waals surface area contributed by atoms with Gasteiger partial charge in [-0.2, -0.15) is 0 Å². The first-order chi connectivity index (χ1) is 9.69. The van der Waals surface area contributed by atoms with Gasteiger partial charge < -0.3 is 5.32 Å². The normalized spacial score (nSPS) is 17.7. The highest BCUT2D eigenvalue weighted by atomic mass is 16.1. The fourth-order valence-electron chi connectivity index (χ4n) is 2.55. The molecule has 0 aliphatic carbocycles. The van der Waals surface area contributed by atoms with Crippen molar-refractivity contribution in [1.29, 1.82) is 0 Å². The Balaban J connectivity index is 1.90. The van der Waals surface area contributed by atoms with Gasteiger partial charge in [-0.25, -0.2) is 0 Å². The Kier molecular flexibility index (Phi) is 5.60. The van der Waals surface area contributed by atoms with Crippen LogP contribution in [0.1, 0.15) is 55.5 Å². The lowest BCUT2D eigenvalue weighted by Gasteiger charge is -2.26. The van der Waals surface area contributed by atoms with E-state index >= 15 is 0 Å². The Morgan fingerprint density at radius 3 is 2.45 bits per heavy atom. The van der Waals surface area contributed by atoms with Crippen LogP contribution in [0.2, 0.25) is 0 Å². The SMILES string of the molecule is CC[C@@H](C)NC(=O)c1ccc(CN2CCCCC2)cc1. The van der Waals surface area contributed by atoms with Crippen LogP contribution in [-0.2, 0) is 6.54 Å². The number of benzene rings is 1. The van der Waals surface area contributed by atoms with Gasteiger partial charge in [0.05, 0.1) is 0 Å². The minimum absolute atomic E-state index is 0.0314. The molecule has 20 heavy (non-hydrogen) atoms. The van der Waals surface area contributed by atoms with Gasteiger partial charge >= 0.3 is 0 Å². The Labute approximate surface area is 122 Å². The Morgan fingerprint density at radius 2 is 1.85 bits per heavy atom. The average Bonchev–Trinajstić information content (AvgIpc) is 2.49. The number of hydrogen-bond donors (Lipinski definition) is 1. The predicted octanol–water partition coefficient (Wildman–Crippen LogP) is 3.20. The van der Waals surface area contributed by atoms with E-state index in [2.05, 4.69) is 29.3 Å². The molecule has 1 aromatic rings. The molecule has 1 fully saturated rings. The monoisotopic (exact) mass is 274 g/mol. The number of carbonyl (C=O) groups is 1. The van der Waals surface area contributed by atoms with Crippen molar-refractivity contribution in [2.75, 3.05) is 13.1 Å². The average molecular weight is 274 g/mol. The summed E-state index contributed by atoms with van der Waals surface area (Å²) in [6, 6.07) is 8.28. The van der Waals surface area contributed by atoms with Gasteiger partial charge in [-0.3, -0.25) is 9.69 Å². The van der Waals surface area contributed by atoms with Crippen LogP contribution >= 0.6 is 0 Å². The molecule has 0 unspecified atom stereocenters. The molecular formula is C17H26N2O. The van der Waals surface area contributed by atoms with E-state index in [-0.39, 0.29) is 11.9 Å². The van der Waals surface area contributed by atoms with E-state index in [1.54, 1.807) is 0 Å². The number of nitrogens with zero attached hydrogens (tertiary/aromatic N) is 1. The van der Waals surface area contributed by atoms with Crippen LogP contribution in [0.25, 0.3) is 0 Å². The van der Waals surface area contributed by atoms with Gasteiger partial charge in [0.15, 0.2) is 0 Å². The first-order valence-corrected chi connectivity index (χ1v) is 7.81. The lowest BCUT2D eigenvalue weighted by Crippen LogP contribution is -2.32. The molecule has 3 heteroatoms. The summed E-state index contributed by atoms with van der Waals surface area (Å²) in [5.41, 5.74) is 2.06. The van der Waals surface area contributed by atoms with Crippen molar-refractivity contribution < 1.29 is 4.79 Å². The van der Waals surface area contributed by atoms with E-state index < -0.39 is 0 Å². The fraction of sp³-hybridized carbons (Fsp3) is 0.588. The summed E-state index contributed by atoms with van der Waals surface area (Å²) in [4.78, 5) is 14.5. The van der Waals surface area contributed by atoms with Crippen molar-refractivity contribution in [3.8, 4) is 0 Å². The molecule has 3 nitrogen and oxygen atoms in total. The molecule has 1 aromatic carbocycles. The maximum Gasteiger partial charge on any atom is 0.251 e. The lowest BCUT2D eigenvalue weighted by atomic mass is 10.1. The van der Waals surface area contributed by atoms with Crippen molar-refractivity contribution in [3.63, 3.8) is 0 Å². The van der Waals surface area contributed by atoms with Gasteiger partial charge in [0.2, 0.25) is 0 Å². The third-order valence-electron chi connectivity index (χ3n) is 4.06. The zero-order chi connectivity index (χ0) is 14.4. The molecule has 1 aliphatic heterocycles. The molecule has 110 valence electrons. The molecule has 1 saturated heterocycles. The number of rotatable bonds is 5. The Bertz CT molecular complexity index is 421. The van der Waals surface area contributed by atoms with E-state index in [9.17, 15) is 4.79 Å². The van der Waals surface area contributed by atoms with Gasteiger partial charge in [0.25, 0.3) is 5.91 Å². The second-order valence-electron chi connectivity index (χ2n) is 5.82. The summed E-state index contributed by atoms with van der Waals surface area (Å²) >= 11 is 0. The van der Waals surface area contributed by atoms with Crippen LogP contribution < -0.4 is 5.32 Å². The number of amides is 1. The molecule has 1 N–H and O–H groups in total. The molecule has 1 amide bonds. The van der Waals surface area contributed by atoms with Crippen molar-refractivity contribution in [3.05, 3.63) is 35.4 Å². The van der Waals surface area contributed by atoms with Crippen LogP contribution in [0.4, 0.5) is 0 Å². The summed E-state index contributed by atoms with van der Waals surface area (Å²) in [7, 11) is 0. The molecule has 1 aliphatic rings. The smallest absolute Gasteiger partial charge is 0.251 e. The van der Waals surface area contributed by atoms with Gasteiger partial charge in [0, 0.05) is 18.2 Å². The van der Waals surface area contributed by atoms with E-state index in [0.29, 0.717) is 0 Å². The van der Waals surface area contributed by atoms with E-state index in [0.717, 1.165) is 18.5 Å². The number of likely N-dealkylation sites (tertiary alicyclic amines) is 1. The maximum atomic E-state index is 12.0. The zero-order valence-corrected chi connectivity index (χ0v) is 12.7. The molecule has 0 radical (unpaired) electrons. The first kappa shape index (κ1) is 15.0. The standard InChI is InChI=1S/C17H26N2O/c1-3-14(2)18-17(20)16-9-7-15(8-10-16)13-19-11-5-4-6-12-19/h7-10,14H,3-6,11-13H2,1-2H3,(H,18,20)/t14-/m1/s1. The number of nitrogens with one attached hydrogen (secondary N) is 1. The van der Waals surface area contributed by atoms with Crippen LogP contribution in [0, 0.1) is 0 Å². The zero-order valence-electron chi connectivity index (χ0n) is 12.7. The molecule has 0 saturated carbocycles. The second kappa shape index (κ2) is 7.44. The predicted molar refractivity (Wildman–Crippen MR) is 82.8 cm³/mol. The van der Waals surface area contributed by atoms with Crippen LogP contribution in [-0.4, -0.2) is 29.9 Å². The minimum atomic E-state index is 0.0314. The van der Waals surface area contributed by atoms with Crippen LogP contribution in [0.3, 0.4) is 0 Å². The summed E-state index contributed by atoms with van der Waals surface area (Å²) in [5.74, 6) is 0.0314. The Morgan fingerprint density at radius 1 is 1.20 bits per heavy atom. The second-order valence-corrected chi connectivity index (χ2v) is 5.82. The van der Waals surface area contributed by atoms with E-state index in [1.807, 2.05) is 19.1 Å². The number of hydrogen-bond acceptors (Lipinski definition) is 2. The highest BCUT2D eigenvalue weighted by Gasteiger charge is 2.11. The maximum absolute atomic E-state index is 12.0. The first-order valence-electron chi connectivity index (χ1n) is 7.81. The van der Waals surface area contributed by atoms with Crippen LogP contribution in [0.5, 0.6) is 0 Å². The molecule has 1 atom stereocenters. The van der Waals surface area contributed by atoms with Crippen molar-refractivity contribution in [2.24, 2.45) is 0 Å². The van der Waals surface area contributed by atoms with Gasteiger partial charge in [-0.05, 0) is 57.0 Å². The number of piperidine rings is 1. The Hall–Kier alpha value is -1.35. The molecule has 1 heterocycles. The highest BCUT2D eigenvalue weighted by molar-refractivity contribution is 5.94. The van der Waals surface area contributed by atoms with Gasteiger partial charge in [-0.1, -0.05) is 25.5 Å². The van der Waals surface area contributed by atoms with Crippen molar-refractivity contribution in [2.45, 2.75) is 52.1 Å². The van der Waals surface area contributed by atoms with Crippen molar-refractivity contribution >= 4 is 5.91 Å². The minimum Gasteiger partial charge on any atom is -0.350 e. The number of carbonyl (C=O) groups excluding carboxylic acids is 1. The fourth-order valence-corrected chi connectivity index (χ4v) is 2.55. The largest absolute Gasteiger partial charge is 0.350 e. The van der Waals surface area contributed by atoms with Crippen LogP contribution in [0.15, 0.2) is 24.3 Å². The van der Waals surface area contributed by atoms with Gasteiger partial charge in [-0.15, -0.1) is 0 Å². The molecular weight excluding hydrogens is 248 g/mol. The van der Waals surface area contributed by atoms with Gasteiger partial charge in [0.1, 0.15) is 0 Å². The molecule has 0 bridgehead atoms. The third kappa shape index (κ3) is 4.34. The third-order valence-corrected chi connectivity index (χ3v) is 4.06. The molecule has 0 spiro atoms. The van der Waals surface area contributed by atoms with E-state index in [4.69, 9.17) is 0 Å². The quantitative estimate of drug-likeness (QED) is 0.894. The van der Waals surface area contributed by atoms with E-state index in [1.165, 1.54) is 37.9 Å². The summed E-state index contributed by atoms with van der Waals surface area (Å²) in [6.07, 6.45) is 4.95. The topological polar surface area (TPSA) is 32.3 Å². The summed E-state index contributed by atoms with van der Waals surface area (Å²) in [5, 5.41) is 3.00. The highest BCUT2D eigenvalue weighted by Crippen LogP contribution is 2.13. The summed E-state index contributed by atoms with van der Waals surface area (Å²) in [6.45, 7) is 7.52. The molecule has 0 aromatic heterocycles.